The highest BCUT2D eigenvalue weighted by Gasteiger charge is 2.48. The molecule has 2 rings (SSSR count). The smallest absolute Gasteiger partial charge is 0.452 e. The minimum atomic E-state index is -5.79. The maximum absolute atomic E-state index is 12.2. The number of carbonyl (C=O) groups is 1. The molecule has 0 saturated carbocycles. The minimum Gasteiger partial charge on any atom is -0.452 e. The molecule has 0 fully saturated rings. The van der Waals surface area contributed by atoms with E-state index < -0.39 is 33.1 Å². The molecule has 1 aromatic carbocycles. The Hall–Kier alpha value is -1.97. The van der Waals surface area contributed by atoms with Crippen molar-refractivity contribution in [3.8, 4) is 11.5 Å². The standard InChI is InChI=1S/C11H9F3O6S/c1-10(2)18-8-5-6(3-4-7(8)9(15)19-10)20-21(16,17)11(12,13)14/h3-5H,1-2H3. The van der Waals surface area contributed by atoms with Crippen molar-refractivity contribution >= 4 is 16.1 Å². The molecule has 1 aromatic rings. The molecule has 0 atom stereocenters. The number of ether oxygens (including phenoxy) is 2. The van der Waals surface area contributed by atoms with Gasteiger partial charge in [-0.1, -0.05) is 0 Å². The highest BCUT2D eigenvalue weighted by molar-refractivity contribution is 7.88. The number of hydrogen-bond donors (Lipinski definition) is 0. The first-order valence-corrected chi connectivity index (χ1v) is 6.89. The zero-order valence-electron chi connectivity index (χ0n) is 10.7. The molecule has 6 nitrogen and oxygen atoms in total. The predicted molar refractivity (Wildman–Crippen MR) is 62.2 cm³/mol. The highest BCUT2D eigenvalue weighted by atomic mass is 32.2. The number of alkyl halides is 3. The molecular weight excluding hydrogens is 317 g/mol. The molecule has 0 N–H and O–H groups in total. The topological polar surface area (TPSA) is 78.9 Å². The Balaban J connectivity index is 2.37. The molecule has 1 aliphatic heterocycles. The summed E-state index contributed by atoms with van der Waals surface area (Å²) in [7, 11) is -5.79. The number of carbonyl (C=O) groups excluding carboxylic acids is 1. The van der Waals surface area contributed by atoms with Crippen LogP contribution >= 0.6 is 0 Å². The number of fused-ring (bicyclic) bond motifs is 1. The van der Waals surface area contributed by atoms with E-state index in [9.17, 15) is 26.4 Å². The first kappa shape index (κ1) is 15.4. The van der Waals surface area contributed by atoms with Crippen molar-refractivity contribution in [1.29, 1.82) is 0 Å². The van der Waals surface area contributed by atoms with Crippen molar-refractivity contribution in [2.45, 2.75) is 25.1 Å². The van der Waals surface area contributed by atoms with Crippen molar-refractivity contribution in [3.05, 3.63) is 23.8 Å². The largest absolute Gasteiger partial charge is 0.534 e. The Labute approximate surface area is 117 Å². The summed E-state index contributed by atoms with van der Waals surface area (Å²) < 4.78 is 72.6. The second-order valence-electron chi connectivity index (χ2n) is 4.53. The van der Waals surface area contributed by atoms with Gasteiger partial charge in [-0.2, -0.15) is 21.6 Å². The van der Waals surface area contributed by atoms with E-state index in [0.29, 0.717) is 0 Å². The molecule has 0 bridgehead atoms. The number of benzene rings is 1. The third-order valence-corrected chi connectivity index (χ3v) is 3.34. The van der Waals surface area contributed by atoms with Crippen molar-refractivity contribution in [1.82, 2.24) is 0 Å². The van der Waals surface area contributed by atoms with Crippen molar-refractivity contribution < 1.29 is 40.0 Å². The van der Waals surface area contributed by atoms with Crippen LogP contribution in [0.25, 0.3) is 0 Å². The zero-order chi connectivity index (χ0) is 16.1. The van der Waals surface area contributed by atoms with E-state index in [0.717, 1.165) is 18.2 Å². The molecule has 116 valence electrons. The maximum atomic E-state index is 12.2. The number of rotatable bonds is 2. The third kappa shape index (κ3) is 3.04. The fraction of sp³-hybridized carbons (Fsp3) is 0.364. The summed E-state index contributed by atoms with van der Waals surface area (Å²) in [6, 6.07) is 2.82. The number of hydrogen-bond acceptors (Lipinski definition) is 6. The van der Waals surface area contributed by atoms with Crippen LogP contribution in [0.2, 0.25) is 0 Å². The molecule has 0 radical (unpaired) electrons. The summed E-state index contributed by atoms with van der Waals surface area (Å²) >= 11 is 0. The zero-order valence-corrected chi connectivity index (χ0v) is 11.5. The van der Waals surface area contributed by atoms with Gasteiger partial charge in [0.05, 0.1) is 0 Å². The Morgan fingerprint density at radius 1 is 1.19 bits per heavy atom. The summed E-state index contributed by atoms with van der Waals surface area (Å²) in [4.78, 5) is 11.6. The van der Waals surface area contributed by atoms with Gasteiger partial charge in [0.15, 0.2) is 0 Å². The first-order chi connectivity index (χ1) is 9.41. The quantitative estimate of drug-likeness (QED) is 0.471. The molecule has 0 amide bonds. The van der Waals surface area contributed by atoms with Crippen LogP contribution in [-0.2, 0) is 14.9 Å². The van der Waals surface area contributed by atoms with Gasteiger partial charge in [-0.15, -0.1) is 0 Å². The Kier molecular flexibility index (Phi) is 3.32. The molecule has 0 aliphatic carbocycles. The number of halogens is 3. The van der Waals surface area contributed by atoms with Gasteiger partial charge in [0, 0.05) is 19.9 Å². The van der Waals surface area contributed by atoms with Crippen LogP contribution in [0.1, 0.15) is 24.2 Å². The molecule has 0 spiro atoms. The minimum absolute atomic E-state index is 0.0499. The Morgan fingerprint density at radius 2 is 1.81 bits per heavy atom. The van der Waals surface area contributed by atoms with Gasteiger partial charge in [-0.05, 0) is 12.1 Å². The first-order valence-electron chi connectivity index (χ1n) is 5.48. The lowest BCUT2D eigenvalue weighted by Gasteiger charge is -2.31. The summed E-state index contributed by atoms with van der Waals surface area (Å²) in [6.07, 6.45) is 0. The fourth-order valence-corrected chi connectivity index (χ4v) is 2.00. The Morgan fingerprint density at radius 3 is 2.38 bits per heavy atom. The van der Waals surface area contributed by atoms with Crippen molar-refractivity contribution in [2.75, 3.05) is 0 Å². The maximum Gasteiger partial charge on any atom is 0.534 e. The van der Waals surface area contributed by atoms with Gasteiger partial charge in [0.2, 0.25) is 5.79 Å². The molecule has 21 heavy (non-hydrogen) atoms. The van der Waals surface area contributed by atoms with Gasteiger partial charge in [0.1, 0.15) is 17.1 Å². The van der Waals surface area contributed by atoms with E-state index in [1.54, 1.807) is 0 Å². The van der Waals surface area contributed by atoms with Crippen molar-refractivity contribution in [2.24, 2.45) is 0 Å². The lowest BCUT2D eigenvalue weighted by Crippen LogP contribution is -2.38. The predicted octanol–water partition coefficient (Wildman–Crippen LogP) is 2.20. The molecule has 0 unspecified atom stereocenters. The molecular formula is C11H9F3O6S. The second-order valence-corrected chi connectivity index (χ2v) is 6.07. The van der Waals surface area contributed by atoms with Crippen LogP contribution in [0.15, 0.2) is 18.2 Å². The van der Waals surface area contributed by atoms with Gasteiger partial charge >= 0.3 is 21.6 Å². The lowest BCUT2D eigenvalue weighted by molar-refractivity contribution is -0.127. The van der Waals surface area contributed by atoms with E-state index in [4.69, 9.17) is 9.47 Å². The van der Waals surface area contributed by atoms with E-state index in [1.165, 1.54) is 13.8 Å². The van der Waals surface area contributed by atoms with Crippen LogP contribution in [0.5, 0.6) is 11.5 Å². The van der Waals surface area contributed by atoms with Crippen LogP contribution in [-0.4, -0.2) is 25.7 Å². The molecule has 1 aliphatic rings. The van der Waals surface area contributed by atoms with Gasteiger partial charge in [0.25, 0.3) is 0 Å². The normalized spacial score (nSPS) is 17.5. The highest BCUT2D eigenvalue weighted by Crippen LogP contribution is 2.35. The monoisotopic (exact) mass is 326 g/mol. The SMILES string of the molecule is CC1(C)OC(=O)c2ccc(OS(=O)(=O)C(F)(F)F)cc2O1. The average Bonchev–Trinajstić information content (AvgIpc) is 2.24. The molecule has 0 aromatic heterocycles. The number of cyclic esters (lactones) is 1. The van der Waals surface area contributed by atoms with Crippen LogP contribution in [0.4, 0.5) is 13.2 Å². The summed E-state index contributed by atoms with van der Waals surface area (Å²) in [5.41, 5.74) is -5.60. The number of esters is 1. The van der Waals surface area contributed by atoms with Gasteiger partial charge in [-0.3, -0.25) is 0 Å². The second kappa shape index (κ2) is 4.52. The molecule has 1 heterocycles. The molecule has 10 heteroatoms. The summed E-state index contributed by atoms with van der Waals surface area (Å²) in [5.74, 6) is -2.83. The Bertz CT molecular complexity index is 692. The van der Waals surface area contributed by atoms with E-state index >= 15 is 0 Å². The van der Waals surface area contributed by atoms with E-state index in [1.807, 2.05) is 0 Å². The van der Waals surface area contributed by atoms with Crippen LogP contribution in [0, 0.1) is 0 Å². The third-order valence-electron chi connectivity index (χ3n) is 2.36. The molecule has 0 saturated heterocycles. The van der Waals surface area contributed by atoms with Gasteiger partial charge < -0.3 is 13.7 Å². The van der Waals surface area contributed by atoms with E-state index in [-0.39, 0.29) is 11.3 Å². The van der Waals surface area contributed by atoms with Crippen LogP contribution in [0.3, 0.4) is 0 Å². The lowest BCUT2D eigenvalue weighted by atomic mass is 10.1. The average molecular weight is 326 g/mol. The van der Waals surface area contributed by atoms with Crippen molar-refractivity contribution in [3.63, 3.8) is 0 Å². The summed E-state index contributed by atoms with van der Waals surface area (Å²) in [5, 5.41) is 0. The van der Waals surface area contributed by atoms with Gasteiger partial charge in [-0.25, -0.2) is 4.79 Å². The summed E-state index contributed by atoms with van der Waals surface area (Å²) in [6.45, 7) is 2.82. The van der Waals surface area contributed by atoms with E-state index in [2.05, 4.69) is 4.18 Å². The fourth-order valence-electron chi connectivity index (χ4n) is 1.55. The van der Waals surface area contributed by atoms with Crippen LogP contribution < -0.4 is 8.92 Å².